The van der Waals surface area contributed by atoms with E-state index in [1.165, 1.54) is 0 Å². The summed E-state index contributed by atoms with van der Waals surface area (Å²) in [5.74, 6) is 0. The number of rotatable bonds is 7. The summed E-state index contributed by atoms with van der Waals surface area (Å²) in [6, 6.07) is 19.5. The Bertz CT molecular complexity index is 604. The molecular formula is C19H22O5. The van der Waals surface area contributed by atoms with Gasteiger partial charge in [-0.2, -0.15) is 0 Å². The van der Waals surface area contributed by atoms with Crippen molar-refractivity contribution < 1.29 is 24.4 Å². The maximum atomic E-state index is 10.1. The minimum atomic E-state index is -1.25. The normalized spacial score (nSPS) is 26.6. The number of ether oxygens (including phenoxy) is 3. The number of aliphatic hydroxyl groups excluding tert-OH is 2. The highest BCUT2D eigenvalue weighted by molar-refractivity contribution is 5.14. The van der Waals surface area contributed by atoms with Gasteiger partial charge in [-0.1, -0.05) is 60.7 Å². The van der Waals surface area contributed by atoms with Gasteiger partial charge in [0.1, 0.15) is 18.3 Å². The van der Waals surface area contributed by atoms with Crippen LogP contribution in [0.1, 0.15) is 11.1 Å². The Labute approximate surface area is 141 Å². The third-order valence-corrected chi connectivity index (χ3v) is 3.99. The zero-order chi connectivity index (χ0) is 16.8. The quantitative estimate of drug-likeness (QED) is 0.811. The summed E-state index contributed by atoms with van der Waals surface area (Å²) in [5, 5.41) is 19.8. The molecule has 3 rings (SSSR count). The second-order valence-electron chi connectivity index (χ2n) is 5.82. The number of hydrogen-bond acceptors (Lipinski definition) is 5. The number of benzene rings is 2. The molecular weight excluding hydrogens is 308 g/mol. The summed E-state index contributed by atoms with van der Waals surface area (Å²) < 4.78 is 16.8. The molecule has 5 heteroatoms. The summed E-state index contributed by atoms with van der Waals surface area (Å²) in [7, 11) is 0. The van der Waals surface area contributed by atoms with E-state index in [2.05, 4.69) is 0 Å². The molecule has 1 aliphatic heterocycles. The topological polar surface area (TPSA) is 68.2 Å². The van der Waals surface area contributed by atoms with E-state index in [-0.39, 0.29) is 6.61 Å². The molecule has 1 fully saturated rings. The molecule has 0 saturated carbocycles. The van der Waals surface area contributed by atoms with Crippen LogP contribution in [-0.4, -0.2) is 41.4 Å². The predicted octanol–water partition coefficient (Wildman–Crippen LogP) is 1.87. The lowest BCUT2D eigenvalue weighted by Gasteiger charge is -2.20. The van der Waals surface area contributed by atoms with Gasteiger partial charge in [0.2, 0.25) is 0 Å². The van der Waals surface area contributed by atoms with E-state index in [1.54, 1.807) is 0 Å². The van der Waals surface area contributed by atoms with Crippen molar-refractivity contribution >= 4 is 0 Å². The van der Waals surface area contributed by atoms with Crippen LogP contribution in [0.4, 0.5) is 0 Å². The lowest BCUT2D eigenvalue weighted by atomic mass is 10.1. The fraction of sp³-hybridized carbons (Fsp3) is 0.368. The molecule has 0 aromatic heterocycles. The van der Waals surface area contributed by atoms with Crippen LogP contribution in [-0.2, 0) is 27.4 Å². The first-order chi connectivity index (χ1) is 11.7. The van der Waals surface area contributed by atoms with E-state index >= 15 is 0 Å². The molecule has 1 heterocycles. The van der Waals surface area contributed by atoms with Crippen LogP contribution >= 0.6 is 0 Å². The summed E-state index contributed by atoms with van der Waals surface area (Å²) in [6.07, 6.45) is -3.48. The first kappa shape index (κ1) is 17.1. The Hall–Kier alpha value is -1.76. The number of aliphatic hydroxyl groups is 2. The van der Waals surface area contributed by atoms with Gasteiger partial charge >= 0.3 is 0 Å². The Morgan fingerprint density at radius 2 is 1.42 bits per heavy atom. The molecule has 0 radical (unpaired) electrons. The van der Waals surface area contributed by atoms with Crippen molar-refractivity contribution in [1.82, 2.24) is 0 Å². The van der Waals surface area contributed by atoms with E-state index in [0.717, 1.165) is 11.1 Å². The zero-order valence-electron chi connectivity index (χ0n) is 13.3. The van der Waals surface area contributed by atoms with Crippen LogP contribution in [0.5, 0.6) is 0 Å². The number of hydrogen-bond donors (Lipinski definition) is 2. The molecule has 1 unspecified atom stereocenters. The van der Waals surface area contributed by atoms with Crippen molar-refractivity contribution in [2.75, 3.05) is 6.61 Å². The smallest absolute Gasteiger partial charge is 0.184 e. The maximum Gasteiger partial charge on any atom is 0.184 e. The van der Waals surface area contributed by atoms with Gasteiger partial charge in [-0.15, -0.1) is 0 Å². The molecule has 5 nitrogen and oxygen atoms in total. The molecule has 128 valence electrons. The first-order valence-corrected chi connectivity index (χ1v) is 8.03. The minimum absolute atomic E-state index is 0.239. The molecule has 0 aliphatic carbocycles. The van der Waals surface area contributed by atoms with Gasteiger partial charge in [0.05, 0.1) is 19.8 Å². The largest absolute Gasteiger partial charge is 0.385 e. The molecule has 0 bridgehead atoms. The Morgan fingerprint density at radius 3 is 2.04 bits per heavy atom. The highest BCUT2D eigenvalue weighted by Gasteiger charge is 2.43. The van der Waals surface area contributed by atoms with Crippen LogP contribution in [0, 0.1) is 0 Å². The Morgan fingerprint density at radius 1 is 0.833 bits per heavy atom. The summed E-state index contributed by atoms with van der Waals surface area (Å²) in [6.45, 7) is 1.02. The summed E-state index contributed by atoms with van der Waals surface area (Å²) in [5.41, 5.74) is 2.05. The molecule has 2 aromatic carbocycles. The van der Waals surface area contributed by atoms with Crippen LogP contribution in [0.3, 0.4) is 0 Å². The highest BCUT2D eigenvalue weighted by atomic mass is 16.7. The highest BCUT2D eigenvalue weighted by Crippen LogP contribution is 2.24. The monoisotopic (exact) mass is 330 g/mol. The van der Waals surface area contributed by atoms with Crippen molar-refractivity contribution in [1.29, 1.82) is 0 Å². The predicted molar refractivity (Wildman–Crippen MR) is 88.0 cm³/mol. The van der Waals surface area contributed by atoms with E-state index in [4.69, 9.17) is 14.2 Å². The Kier molecular flexibility index (Phi) is 5.96. The third-order valence-electron chi connectivity index (χ3n) is 3.99. The fourth-order valence-electron chi connectivity index (χ4n) is 2.69. The average molecular weight is 330 g/mol. The van der Waals surface area contributed by atoms with Crippen molar-refractivity contribution in [2.24, 2.45) is 0 Å². The standard InChI is InChI=1S/C19H22O5/c20-17-18(23-12-15-9-5-2-6-10-15)16(24-19(17)21)13-22-11-14-7-3-1-4-8-14/h1-10,16-21H,11-13H2/t16-,17+,18+,19?/m1/s1. The fourth-order valence-corrected chi connectivity index (χ4v) is 2.69. The van der Waals surface area contributed by atoms with Gasteiger partial charge in [0.15, 0.2) is 6.29 Å². The van der Waals surface area contributed by atoms with Gasteiger partial charge in [0.25, 0.3) is 0 Å². The zero-order valence-corrected chi connectivity index (χ0v) is 13.3. The van der Waals surface area contributed by atoms with Crippen LogP contribution in [0.2, 0.25) is 0 Å². The third kappa shape index (κ3) is 4.41. The van der Waals surface area contributed by atoms with Gasteiger partial charge in [-0.25, -0.2) is 0 Å². The van der Waals surface area contributed by atoms with Crippen molar-refractivity contribution in [3.8, 4) is 0 Å². The van der Waals surface area contributed by atoms with E-state index in [1.807, 2.05) is 60.7 Å². The van der Waals surface area contributed by atoms with Crippen LogP contribution in [0.25, 0.3) is 0 Å². The van der Waals surface area contributed by atoms with Gasteiger partial charge in [-0.3, -0.25) is 0 Å². The van der Waals surface area contributed by atoms with Crippen LogP contribution in [0.15, 0.2) is 60.7 Å². The molecule has 1 saturated heterocycles. The average Bonchev–Trinajstić information content (AvgIpc) is 2.89. The second-order valence-corrected chi connectivity index (χ2v) is 5.82. The lowest BCUT2D eigenvalue weighted by Crippen LogP contribution is -2.37. The molecule has 1 aliphatic rings. The first-order valence-electron chi connectivity index (χ1n) is 8.03. The molecule has 24 heavy (non-hydrogen) atoms. The van der Waals surface area contributed by atoms with E-state index in [0.29, 0.717) is 13.2 Å². The van der Waals surface area contributed by atoms with Crippen molar-refractivity contribution in [3.63, 3.8) is 0 Å². The maximum absolute atomic E-state index is 10.1. The lowest BCUT2D eigenvalue weighted by molar-refractivity contribution is -0.137. The van der Waals surface area contributed by atoms with E-state index < -0.39 is 24.6 Å². The van der Waals surface area contributed by atoms with Crippen molar-refractivity contribution in [2.45, 2.75) is 37.8 Å². The Balaban J connectivity index is 1.52. The minimum Gasteiger partial charge on any atom is -0.385 e. The summed E-state index contributed by atoms with van der Waals surface area (Å²) in [4.78, 5) is 0. The SMILES string of the molecule is OC1O[C@H](COCc2ccccc2)[C@H](OCc2ccccc2)[C@@H]1O. The molecule has 2 aromatic rings. The summed E-state index contributed by atoms with van der Waals surface area (Å²) >= 11 is 0. The molecule has 0 spiro atoms. The van der Waals surface area contributed by atoms with E-state index in [9.17, 15) is 10.2 Å². The van der Waals surface area contributed by atoms with Crippen LogP contribution < -0.4 is 0 Å². The van der Waals surface area contributed by atoms with Gasteiger partial charge in [-0.05, 0) is 11.1 Å². The second kappa shape index (κ2) is 8.37. The van der Waals surface area contributed by atoms with Crippen molar-refractivity contribution in [3.05, 3.63) is 71.8 Å². The molecule has 2 N–H and O–H groups in total. The van der Waals surface area contributed by atoms with Gasteiger partial charge < -0.3 is 24.4 Å². The molecule has 4 atom stereocenters. The van der Waals surface area contributed by atoms with Gasteiger partial charge in [0, 0.05) is 0 Å². The molecule has 0 amide bonds.